The molecule has 0 spiro atoms. The lowest BCUT2D eigenvalue weighted by atomic mass is 10.1. The summed E-state index contributed by atoms with van der Waals surface area (Å²) >= 11 is 6.17. The molecule has 1 heterocycles. The van der Waals surface area contributed by atoms with Crippen molar-refractivity contribution < 1.29 is 0 Å². The molecule has 0 N–H and O–H groups in total. The third-order valence-electron chi connectivity index (χ3n) is 4.12. The minimum absolute atomic E-state index is 0.637. The second kappa shape index (κ2) is 7.06. The third kappa shape index (κ3) is 3.35. The molecule has 0 unspecified atom stereocenters. The van der Waals surface area contributed by atoms with Crippen LogP contribution in [0.1, 0.15) is 5.56 Å². The first-order valence-electron chi connectivity index (χ1n) is 8.34. The number of rotatable bonds is 3. The smallest absolute Gasteiger partial charge is 0.164 e. The van der Waals surface area contributed by atoms with Crippen LogP contribution < -0.4 is 0 Å². The molecule has 0 aliphatic heterocycles. The number of nitrogens with zero attached hydrogens (tertiary/aromatic N) is 3. The fourth-order valence-electron chi connectivity index (χ4n) is 2.72. The van der Waals surface area contributed by atoms with E-state index in [2.05, 4.69) is 0 Å². The average molecular weight is 358 g/mol. The van der Waals surface area contributed by atoms with Crippen LogP contribution in [0, 0.1) is 6.92 Å². The summed E-state index contributed by atoms with van der Waals surface area (Å²) in [6.45, 7) is 1.98. The van der Waals surface area contributed by atoms with E-state index in [1.807, 2.05) is 85.8 Å². The van der Waals surface area contributed by atoms with E-state index < -0.39 is 0 Å². The molecular weight excluding hydrogens is 342 g/mol. The molecule has 4 heteroatoms. The molecule has 3 aromatic carbocycles. The molecule has 4 rings (SSSR count). The number of hydrogen-bond donors (Lipinski definition) is 0. The van der Waals surface area contributed by atoms with E-state index in [1.165, 1.54) is 0 Å². The van der Waals surface area contributed by atoms with E-state index >= 15 is 0 Å². The van der Waals surface area contributed by atoms with E-state index in [4.69, 9.17) is 26.6 Å². The van der Waals surface area contributed by atoms with E-state index in [-0.39, 0.29) is 0 Å². The number of hydrogen-bond acceptors (Lipinski definition) is 3. The molecule has 1 aromatic heterocycles. The Kier molecular flexibility index (Phi) is 4.46. The lowest BCUT2D eigenvalue weighted by molar-refractivity contribution is 1.07. The lowest BCUT2D eigenvalue weighted by Gasteiger charge is -2.09. The van der Waals surface area contributed by atoms with Gasteiger partial charge in [0.05, 0.1) is 0 Å². The van der Waals surface area contributed by atoms with Gasteiger partial charge < -0.3 is 0 Å². The van der Waals surface area contributed by atoms with Crippen LogP contribution in [0.15, 0.2) is 78.9 Å². The predicted octanol–water partition coefficient (Wildman–Crippen LogP) is 5.83. The second-order valence-electron chi connectivity index (χ2n) is 6.00. The molecule has 0 bridgehead atoms. The van der Waals surface area contributed by atoms with Crippen LogP contribution in [0.2, 0.25) is 5.02 Å². The van der Waals surface area contributed by atoms with Gasteiger partial charge in [-0.05, 0) is 30.7 Å². The van der Waals surface area contributed by atoms with Crippen molar-refractivity contribution in [2.75, 3.05) is 0 Å². The van der Waals surface area contributed by atoms with Crippen LogP contribution in [0.4, 0.5) is 0 Å². The van der Waals surface area contributed by atoms with Gasteiger partial charge in [-0.25, -0.2) is 15.0 Å². The Hall–Kier alpha value is -3.04. The van der Waals surface area contributed by atoms with Crippen molar-refractivity contribution in [3.63, 3.8) is 0 Å². The summed E-state index contributed by atoms with van der Waals surface area (Å²) in [7, 11) is 0. The van der Waals surface area contributed by atoms with Crippen molar-refractivity contribution in [1.82, 2.24) is 15.0 Å². The Bertz CT molecular complexity index is 990. The first-order chi connectivity index (χ1) is 12.7. The standard InChI is InChI=1S/C22H16ClN3/c1-15-14-18(12-13-19(15)23)22-25-20(16-8-4-2-5-9-16)24-21(26-22)17-10-6-3-7-11-17/h2-14H,1H3. The van der Waals surface area contributed by atoms with Crippen LogP contribution in [-0.4, -0.2) is 15.0 Å². The van der Waals surface area contributed by atoms with E-state index in [0.29, 0.717) is 17.5 Å². The summed E-state index contributed by atoms with van der Waals surface area (Å²) in [5.74, 6) is 1.95. The molecule has 0 amide bonds. The van der Waals surface area contributed by atoms with Crippen molar-refractivity contribution in [3.05, 3.63) is 89.4 Å². The zero-order valence-electron chi connectivity index (χ0n) is 14.2. The summed E-state index contributed by atoms with van der Waals surface area (Å²) in [5, 5.41) is 0.731. The molecule has 0 aliphatic rings. The zero-order valence-corrected chi connectivity index (χ0v) is 15.0. The third-order valence-corrected chi connectivity index (χ3v) is 4.54. The van der Waals surface area contributed by atoms with Crippen molar-refractivity contribution in [3.8, 4) is 34.2 Å². The maximum Gasteiger partial charge on any atom is 0.164 e. The van der Waals surface area contributed by atoms with Crippen LogP contribution in [0.5, 0.6) is 0 Å². The molecule has 0 aliphatic carbocycles. The van der Waals surface area contributed by atoms with E-state index in [1.54, 1.807) is 0 Å². The Balaban J connectivity index is 1.92. The highest BCUT2D eigenvalue weighted by Gasteiger charge is 2.12. The zero-order chi connectivity index (χ0) is 17.9. The van der Waals surface area contributed by atoms with Gasteiger partial charge in [0.2, 0.25) is 0 Å². The fraction of sp³-hybridized carbons (Fsp3) is 0.0455. The van der Waals surface area contributed by atoms with Gasteiger partial charge in [-0.3, -0.25) is 0 Å². The van der Waals surface area contributed by atoms with Gasteiger partial charge in [0.15, 0.2) is 17.5 Å². The van der Waals surface area contributed by atoms with E-state index in [9.17, 15) is 0 Å². The number of halogens is 1. The molecule has 0 radical (unpaired) electrons. The van der Waals surface area contributed by atoms with Gasteiger partial charge in [-0.1, -0.05) is 72.3 Å². The number of benzene rings is 3. The molecule has 3 nitrogen and oxygen atoms in total. The fourth-order valence-corrected chi connectivity index (χ4v) is 2.84. The first-order valence-corrected chi connectivity index (χ1v) is 8.72. The Labute approximate surface area is 157 Å². The Morgan fingerprint density at radius 2 is 1.04 bits per heavy atom. The molecule has 0 atom stereocenters. The normalized spacial score (nSPS) is 10.7. The molecule has 26 heavy (non-hydrogen) atoms. The Morgan fingerprint density at radius 3 is 1.50 bits per heavy atom. The highest BCUT2D eigenvalue weighted by Crippen LogP contribution is 2.26. The highest BCUT2D eigenvalue weighted by molar-refractivity contribution is 6.31. The average Bonchev–Trinajstić information content (AvgIpc) is 2.71. The number of aryl methyl sites for hydroxylation is 1. The summed E-state index contributed by atoms with van der Waals surface area (Å²) < 4.78 is 0. The maximum atomic E-state index is 6.17. The summed E-state index contributed by atoms with van der Waals surface area (Å²) in [6, 6.07) is 25.7. The minimum Gasteiger partial charge on any atom is -0.208 e. The minimum atomic E-state index is 0.637. The molecule has 0 saturated carbocycles. The lowest BCUT2D eigenvalue weighted by Crippen LogP contribution is -2.00. The molecule has 0 saturated heterocycles. The van der Waals surface area contributed by atoms with Gasteiger partial charge in [0.25, 0.3) is 0 Å². The molecule has 126 valence electrons. The van der Waals surface area contributed by atoms with Crippen molar-refractivity contribution >= 4 is 11.6 Å². The van der Waals surface area contributed by atoms with Crippen molar-refractivity contribution in [1.29, 1.82) is 0 Å². The van der Waals surface area contributed by atoms with Gasteiger partial charge in [-0.15, -0.1) is 0 Å². The van der Waals surface area contributed by atoms with Crippen LogP contribution >= 0.6 is 11.6 Å². The Morgan fingerprint density at radius 1 is 0.577 bits per heavy atom. The first kappa shape index (κ1) is 16.4. The van der Waals surface area contributed by atoms with Gasteiger partial charge >= 0.3 is 0 Å². The summed E-state index contributed by atoms with van der Waals surface area (Å²) in [6.07, 6.45) is 0. The summed E-state index contributed by atoms with van der Waals surface area (Å²) in [5.41, 5.74) is 3.83. The highest BCUT2D eigenvalue weighted by atomic mass is 35.5. The van der Waals surface area contributed by atoms with Crippen molar-refractivity contribution in [2.24, 2.45) is 0 Å². The van der Waals surface area contributed by atoms with Gasteiger partial charge in [0.1, 0.15) is 0 Å². The van der Waals surface area contributed by atoms with Gasteiger partial charge in [-0.2, -0.15) is 0 Å². The van der Waals surface area contributed by atoms with Crippen LogP contribution in [0.3, 0.4) is 0 Å². The SMILES string of the molecule is Cc1cc(-c2nc(-c3ccccc3)nc(-c3ccccc3)n2)ccc1Cl. The number of aromatic nitrogens is 3. The summed E-state index contributed by atoms with van der Waals surface area (Å²) in [4.78, 5) is 14.1. The largest absolute Gasteiger partial charge is 0.208 e. The van der Waals surface area contributed by atoms with Crippen LogP contribution in [-0.2, 0) is 0 Å². The maximum absolute atomic E-state index is 6.17. The van der Waals surface area contributed by atoms with E-state index in [0.717, 1.165) is 27.3 Å². The monoisotopic (exact) mass is 357 g/mol. The van der Waals surface area contributed by atoms with Crippen molar-refractivity contribution in [2.45, 2.75) is 6.92 Å². The van der Waals surface area contributed by atoms with Gasteiger partial charge in [0, 0.05) is 21.7 Å². The predicted molar refractivity (Wildman–Crippen MR) is 106 cm³/mol. The topological polar surface area (TPSA) is 38.7 Å². The molecule has 0 fully saturated rings. The molecule has 4 aromatic rings. The quantitative estimate of drug-likeness (QED) is 0.462. The van der Waals surface area contributed by atoms with Crippen LogP contribution in [0.25, 0.3) is 34.2 Å². The second-order valence-corrected chi connectivity index (χ2v) is 6.41. The molecular formula is C22H16ClN3.